The van der Waals surface area contributed by atoms with Gasteiger partial charge in [0.25, 0.3) is 5.91 Å². The molecule has 3 atom stereocenters. The van der Waals surface area contributed by atoms with E-state index in [0.717, 1.165) is 31.7 Å². The van der Waals surface area contributed by atoms with Gasteiger partial charge in [-0.15, -0.1) is 0 Å². The molecular weight excluding hydrogens is 300 g/mol. The maximum Gasteiger partial charge on any atom is 0.251 e. The molecule has 1 unspecified atom stereocenters. The molecule has 1 aromatic carbocycles. The highest BCUT2D eigenvalue weighted by atomic mass is 16.5. The summed E-state index contributed by atoms with van der Waals surface area (Å²) in [7, 11) is 0. The predicted molar refractivity (Wildman–Crippen MR) is 93.8 cm³/mol. The first-order valence-corrected chi connectivity index (χ1v) is 9.47. The summed E-state index contributed by atoms with van der Waals surface area (Å²) in [6.07, 6.45) is 6.63. The van der Waals surface area contributed by atoms with E-state index in [-0.39, 0.29) is 5.91 Å². The van der Waals surface area contributed by atoms with E-state index in [1.54, 1.807) is 0 Å². The van der Waals surface area contributed by atoms with Gasteiger partial charge in [-0.2, -0.15) is 0 Å². The van der Waals surface area contributed by atoms with Crippen molar-refractivity contribution in [1.82, 2.24) is 10.6 Å². The lowest BCUT2D eigenvalue weighted by Crippen LogP contribution is -2.70. The lowest BCUT2D eigenvalue weighted by atomic mass is 9.46. The molecule has 4 nitrogen and oxygen atoms in total. The maximum absolute atomic E-state index is 12.1. The normalized spacial score (nSPS) is 29.6. The molecule has 1 saturated heterocycles. The van der Waals surface area contributed by atoms with Crippen molar-refractivity contribution in [2.24, 2.45) is 11.3 Å². The Labute approximate surface area is 144 Å². The summed E-state index contributed by atoms with van der Waals surface area (Å²) in [6, 6.07) is 8.60. The largest absolute Gasteiger partial charge is 0.377 e. The van der Waals surface area contributed by atoms with Crippen molar-refractivity contribution in [1.29, 1.82) is 0 Å². The molecule has 2 N–H and O–H groups in total. The van der Waals surface area contributed by atoms with Crippen molar-refractivity contribution in [2.75, 3.05) is 13.2 Å². The summed E-state index contributed by atoms with van der Waals surface area (Å²) in [5.74, 6) is 0.725. The molecule has 4 heteroatoms. The molecule has 1 amide bonds. The zero-order valence-corrected chi connectivity index (χ0v) is 14.5. The molecule has 3 aliphatic rings. The highest BCUT2D eigenvalue weighted by Crippen LogP contribution is 2.62. The van der Waals surface area contributed by atoms with E-state index in [9.17, 15) is 4.79 Å². The first-order valence-electron chi connectivity index (χ1n) is 9.47. The lowest BCUT2D eigenvalue weighted by Gasteiger charge is -2.63. The van der Waals surface area contributed by atoms with Crippen LogP contribution in [0.5, 0.6) is 0 Å². The molecule has 130 valence electrons. The van der Waals surface area contributed by atoms with Crippen LogP contribution in [0.25, 0.3) is 0 Å². The molecule has 1 aliphatic heterocycles. The van der Waals surface area contributed by atoms with Gasteiger partial charge in [-0.25, -0.2) is 0 Å². The minimum Gasteiger partial charge on any atom is -0.377 e. The van der Waals surface area contributed by atoms with Gasteiger partial charge in [0.1, 0.15) is 0 Å². The molecule has 1 aromatic rings. The number of carbonyl (C=O) groups is 1. The molecule has 0 aromatic heterocycles. The Kier molecular flexibility index (Phi) is 4.35. The van der Waals surface area contributed by atoms with Crippen molar-refractivity contribution in [3.8, 4) is 0 Å². The quantitative estimate of drug-likeness (QED) is 0.844. The Bertz CT molecular complexity index is 611. The van der Waals surface area contributed by atoms with E-state index in [4.69, 9.17) is 4.74 Å². The number of carbonyl (C=O) groups excluding carboxylic acids is 1. The van der Waals surface area contributed by atoms with E-state index in [1.807, 2.05) is 18.2 Å². The van der Waals surface area contributed by atoms with Gasteiger partial charge in [-0.1, -0.05) is 25.5 Å². The number of nitrogens with one attached hydrogen (secondary N) is 2. The Morgan fingerprint density at radius 2 is 2.25 bits per heavy atom. The maximum atomic E-state index is 12.1. The molecule has 4 rings (SSSR count). The summed E-state index contributed by atoms with van der Waals surface area (Å²) in [5, 5.41) is 6.75. The van der Waals surface area contributed by atoms with Crippen molar-refractivity contribution >= 4 is 5.91 Å². The second-order valence-corrected chi connectivity index (χ2v) is 7.65. The van der Waals surface area contributed by atoms with Crippen LogP contribution in [0.2, 0.25) is 0 Å². The number of rotatable bonds is 6. The smallest absolute Gasteiger partial charge is 0.251 e. The number of hydrogen-bond donors (Lipinski definition) is 2. The average Bonchev–Trinajstić information content (AvgIpc) is 2.96. The third-order valence-electron chi connectivity index (χ3n) is 6.29. The Hall–Kier alpha value is -1.39. The van der Waals surface area contributed by atoms with E-state index < -0.39 is 0 Å². The van der Waals surface area contributed by atoms with Crippen LogP contribution in [0.1, 0.15) is 54.9 Å². The minimum absolute atomic E-state index is 0.0297. The summed E-state index contributed by atoms with van der Waals surface area (Å²) < 4.78 is 5.99. The van der Waals surface area contributed by atoms with Crippen molar-refractivity contribution in [3.05, 3.63) is 35.4 Å². The standard InChI is InChI=1S/C20H28N2O2/c1-2-10-21-19(23)15-6-3-5-14(12-15)13-22-17-16-7-11-24-18(16)20(17)8-4-9-20/h3,5-6,12,16-18,22H,2,4,7-11,13H2,1H3,(H,21,23)/t16-,17?,18-/m0/s1. The highest BCUT2D eigenvalue weighted by Gasteiger charge is 2.66. The highest BCUT2D eigenvalue weighted by molar-refractivity contribution is 5.94. The van der Waals surface area contributed by atoms with Crippen LogP contribution in [0.4, 0.5) is 0 Å². The third-order valence-corrected chi connectivity index (χ3v) is 6.29. The summed E-state index contributed by atoms with van der Waals surface area (Å²) in [5.41, 5.74) is 2.37. The second-order valence-electron chi connectivity index (χ2n) is 7.65. The van der Waals surface area contributed by atoms with E-state index >= 15 is 0 Å². The van der Waals surface area contributed by atoms with Gasteiger partial charge < -0.3 is 15.4 Å². The summed E-state index contributed by atoms with van der Waals surface area (Å²) in [4.78, 5) is 12.1. The Morgan fingerprint density at radius 1 is 1.38 bits per heavy atom. The van der Waals surface area contributed by atoms with Gasteiger partial charge in [0.2, 0.25) is 0 Å². The average molecular weight is 328 g/mol. The van der Waals surface area contributed by atoms with Crippen molar-refractivity contribution < 1.29 is 9.53 Å². The number of ether oxygens (including phenoxy) is 1. The molecule has 0 bridgehead atoms. The molecule has 1 heterocycles. The van der Waals surface area contributed by atoms with Gasteiger partial charge in [0.15, 0.2) is 0 Å². The molecule has 0 radical (unpaired) electrons. The first-order chi connectivity index (χ1) is 11.7. The molecule has 1 spiro atoms. The van der Waals surface area contributed by atoms with Gasteiger partial charge in [-0.3, -0.25) is 4.79 Å². The number of amides is 1. The molecule has 2 saturated carbocycles. The fourth-order valence-electron chi connectivity index (χ4n) is 4.95. The first kappa shape index (κ1) is 16.1. The van der Waals surface area contributed by atoms with Crippen LogP contribution < -0.4 is 10.6 Å². The van der Waals surface area contributed by atoms with Crippen LogP contribution in [0, 0.1) is 11.3 Å². The monoisotopic (exact) mass is 328 g/mol. The summed E-state index contributed by atoms with van der Waals surface area (Å²) in [6.45, 7) is 4.57. The number of fused-ring (bicyclic) bond motifs is 2. The van der Waals surface area contributed by atoms with Crippen LogP contribution in [-0.2, 0) is 11.3 Å². The van der Waals surface area contributed by atoms with Gasteiger partial charge in [0, 0.05) is 42.6 Å². The van der Waals surface area contributed by atoms with Gasteiger partial charge in [0.05, 0.1) is 6.10 Å². The van der Waals surface area contributed by atoms with E-state index in [2.05, 4.69) is 23.6 Å². The second kappa shape index (κ2) is 6.49. The van der Waals surface area contributed by atoms with E-state index in [1.165, 1.54) is 31.2 Å². The Morgan fingerprint density at radius 3 is 3.00 bits per heavy atom. The van der Waals surface area contributed by atoms with Gasteiger partial charge in [-0.05, 0) is 43.4 Å². The third kappa shape index (κ3) is 2.56. The van der Waals surface area contributed by atoms with Crippen LogP contribution in [-0.4, -0.2) is 31.2 Å². The predicted octanol–water partition coefficient (Wildman–Crippen LogP) is 2.87. The van der Waals surface area contributed by atoms with Gasteiger partial charge >= 0.3 is 0 Å². The number of benzene rings is 1. The van der Waals surface area contributed by atoms with E-state index in [0.29, 0.717) is 23.5 Å². The fourth-order valence-corrected chi connectivity index (χ4v) is 4.95. The zero-order chi connectivity index (χ0) is 16.6. The fraction of sp³-hybridized carbons (Fsp3) is 0.650. The molecule has 2 aliphatic carbocycles. The van der Waals surface area contributed by atoms with Crippen LogP contribution in [0.15, 0.2) is 24.3 Å². The number of hydrogen-bond acceptors (Lipinski definition) is 3. The topological polar surface area (TPSA) is 50.4 Å². The SMILES string of the molecule is CCCNC(=O)c1cccc(CNC2[C@@H]3CCO[C@@H]3C23CCC3)c1. The van der Waals surface area contributed by atoms with Crippen LogP contribution >= 0.6 is 0 Å². The molecule has 3 fully saturated rings. The molecular formula is C20H28N2O2. The van der Waals surface area contributed by atoms with Crippen molar-refractivity contribution in [2.45, 2.75) is 57.7 Å². The Balaban J connectivity index is 1.38. The minimum atomic E-state index is 0.0297. The summed E-state index contributed by atoms with van der Waals surface area (Å²) >= 11 is 0. The van der Waals surface area contributed by atoms with Crippen molar-refractivity contribution in [3.63, 3.8) is 0 Å². The molecule has 24 heavy (non-hydrogen) atoms. The lowest BCUT2D eigenvalue weighted by molar-refractivity contribution is -0.176. The van der Waals surface area contributed by atoms with Crippen LogP contribution in [0.3, 0.4) is 0 Å². The zero-order valence-electron chi connectivity index (χ0n) is 14.5.